The fraction of sp³-hybridized carbons (Fsp3) is 0.429. The number of hydrogen-bond donors (Lipinski definition) is 0. The third kappa shape index (κ3) is 2.51. The van der Waals surface area contributed by atoms with Gasteiger partial charge in [-0.15, -0.1) is 0 Å². The fourth-order valence-corrected chi connectivity index (χ4v) is 4.97. The van der Waals surface area contributed by atoms with Crippen LogP contribution in [0.1, 0.15) is 32.6 Å². The van der Waals surface area contributed by atoms with Crippen LogP contribution in [0.4, 0.5) is 0 Å². The molecule has 2 nitrogen and oxygen atoms in total. The summed E-state index contributed by atoms with van der Waals surface area (Å²) in [5.74, 6) is 0.228. The van der Waals surface area contributed by atoms with Crippen molar-refractivity contribution in [2.45, 2.75) is 36.9 Å². The minimum absolute atomic E-state index is 0.0612. The van der Waals surface area contributed by atoms with E-state index in [0.29, 0.717) is 6.42 Å². The van der Waals surface area contributed by atoms with Gasteiger partial charge in [0.2, 0.25) is 0 Å². The summed E-state index contributed by atoms with van der Waals surface area (Å²) in [5.41, 5.74) is 0. The zero-order valence-electron chi connectivity index (χ0n) is 9.94. The summed E-state index contributed by atoms with van der Waals surface area (Å²) >= 11 is -0.0718. The first-order valence-corrected chi connectivity index (χ1v) is 7.65. The Balaban J connectivity index is 2.29. The molecule has 0 aliphatic heterocycles. The van der Waals surface area contributed by atoms with Crippen molar-refractivity contribution in [3.8, 4) is 0 Å². The van der Waals surface area contributed by atoms with Gasteiger partial charge in [0.05, 0.1) is 0 Å². The zero-order valence-corrected chi connectivity index (χ0v) is 11.7. The van der Waals surface area contributed by atoms with Gasteiger partial charge in [-0.1, -0.05) is 0 Å². The molecule has 0 amide bonds. The van der Waals surface area contributed by atoms with E-state index in [0.717, 1.165) is 23.7 Å². The van der Waals surface area contributed by atoms with Gasteiger partial charge in [-0.05, 0) is 0 Å². The Morgan fingerprint density at radius 2 is 1.94 bits per heavy atom. The first-order valence-electron chi connectivity index (χ1n) is 5.93. The number of Topliss-reactive ketones (excluding diaryl/α,β-unsaturated/α-hetero) is 2. The molecule has 1 aromatic rings. The third-order valence-corrected chi connectivity index (χ3v) is 6.54. The van der Waals surface area contributed by atoms with Crippen LogP contribution >= 0.6 is 0 Å². The van der Waals surface area contributed by atoms with Crippen molar-refractivity contribution in [1.29, 1.82) is 0 Å². The Bertz CT molecular complexity index is 427. The van der Waals surface area contributed by atoms with E-state index in [2.05, 4.69) is 0 Å². The normalized spacial score (nSPS) is 24.6. The standard InChI is InChI=1S/C14H16O2Se/c1-11(15)14(10-6-5-9-13(14)16)17-12-7-3-2-4-8-12/h2-4,7-8H,5-6,9-10H2,1H3. The Morgan fingerprint density at radius 3 is 2.53 bits per heavy atom. The van der Waals surface area contributed by atoms with Crippen LogP contribution in [0.2, 0.25) is 4.31 Å². The topological polar surface area (TPSA) is 34.1 Å². The van der Waals surface area contributed by atoms with Crippen LogP contribution in [0.3, 0.4) is 0 Å². The van der Waals surface area contributed by atoms with Gasteiger partial charge in [0.1, 0.15) is 0 Å². The van der Waals surface area contributed by atoms with Gasteiger partial charge in [0.15, 0.2) is 0 Å². The van der Waals surface area contributed by atoms with Crippen molar-refractivity contribution in [2.75, 3.05) is 0 Å². The molecular weight excluding hydrogens is 279 g/mol. The Hall–Kier alpha value is -0.921. The average molecular weight is 295 g/mol. The molecule has 0 spiro atoms. The molecule has 0 bridgehead atoms. The molecule has 2 rings (SSSR count). The van der Waals surface area contributed by atoms with Gasteiger partial charge in [-0.2, -0.15) is 0 Å². The number of carbonyl (C=O) groups excluding carboxylic acids is 2. The second kappa shape index (κ2) is 5.16. The van der Waals surface area contributed by atoms with Crippen molar-refractivity contribution in [3.05, 3.63) is 30.3 Å². The quantitative estimate of drug-likeness (QED) is 0.630. The van der Waals surface area contributed by atoms with E-state index in [9.17, 15) is 9.59 Å². The van der Waals surface area contributed by atoms with Crippen LogP contribution in [0.15, 0.2) is 30.3 Å². The summed E-state index contributed by atoms with van der Waals surface area (Å²) in [6.45, 7) is 1.58. The van der Waals surface area contributed by atoms with Crippen LogP contribution in [-0.4, -0.2) is 26.5 Å². The van der Waals surface area contributed by atoms with Gasteiger partial charge < -0.3 is 0 Å². The molecule has 0 heterocycles. The van der Waals surface area contributed by atoms with E-state index in [1.807, 2.05) is 30.3 Å². The number of rotatable bonds is 3. The van der Waals surface area contributed by atoms with E-state index < -0.39 is 4.31 Å². The summed E-state index contributed by atoms with van der Waals surface area (Å²) < 4.78 is 0.470. The zero-order chi connectivity index (χ0) is 12.3. The van der Waals surface area contributed by atoms with Gasteiger partial charge >= 0.3 is 108 Å². The molecule has 1 atom stereocenters. The van der Waals surface area contributed by atoms with E-state index in [-0.39, 0.29) is 26.5 Å². The molecule has 3 heteroatoms. The van der Waals surface area contributed by atoms with Crippen LogP contribution < -0.4 is 4.46 Å². The van der Waals surface area contributed by atoms with Gasteiger partial charge in [-0.3, -0.25) is 0 Å². The molecule has 0 N–H and O–H groups in total. The number of ketones is 2. The molecule has 1 aliphatic rings. The second-order valence-corrected chi connectivity index (χ2v) is 7.31. The Morgan fingerprint density at radius 1 is 1.24 bits per heavy atom. The molecule has 1 aromatic carbocycles. The summed E-state index contributed by atoms with van der Waals surface area (Å²) in [7, 11) is 0. The first kappa shape index (κ1) is 12.5. The predicted molar refractivity (Wildman–Crippen MR) is 68.7 cm³/mol. The van der Waals surface area contributed by atoms with Crippen molar-refractivity contribution >= 4 is 31.0 Å². The summed E-state index contributed by atoms with van der Waals surface area (Å²) in [5, 5.41) is 0. The molecule has 1 aliphatic carbocycles. The monoisotopic (exact) mass is 296 g/mol. The second-order valence-electron chi connectivity index (χ2n) is 4.43. The van der Waals surface area contributed by atoms with Gasteiger partial charge in [0.25, 0.3) is 0 Å². The van der Waals surface area contributed by atoms with Crippen LogP contribution in [0, 0.1) is 0 Å². The van der Waals surface area contributed by atoms with Crippen molar-refractivity contribution in [1.82, 2.24) is 0 Å². The molecular formula is C14H16O2Se. The minimum atomic E-state index is -0.674. The molecule has 1 saturated carbocycles. The molecule has 90 valence electrons. The first-order chi connectivity index (χ1) is 8.15. The number of carbonyl (C=O) groups is 2. The molecule has 1 fully saturated rings. The maximum atomic E-state index is 12.2. The Kier molecular flexibility index (Phi) is 3.80. The molecule has 0 radical (unpaired) electrons. The van der Waals surface area contributed by atoms with Gasteiger partial charge in [-0.25, -0.2) is 0 Å². The van der Waals surface area contributed by atoms with E-state index in [1.165, 1.54) is 0 Å². The van der Waals surface area contributed by atoms with Crippen molar-refractivity contribution < 1.29 is 9.59 Å². The van der Waals surface area contributed by atoms with E-state index in [4.69, 9.17) is 0 Å². The third-order valence-electron chi connectivity index (χ3n) is 3.24. The van der Waals surface area contributed by atoms with Gasteiger partial charge in [0, 0.05) is 0 Å². The van der Waals surface area contributed by atoms with Crippen LogP contribution in [0.25, 0.3) is 0 Å². The molecule has 0 aromatic heterocycles. The SMILES string of the molecule is CC(=O)C1([Se]c2ccccc2)CCCCC1=O. The molecule has 0 saturated heterocycles. The van der Waals surface area contributed by atoms with Crippen molar-refractivity contribution in [2.24, 2.45) is 0 Å². The summed E-state index contributed by atoms with van der Waals surface area (Å²) in [6, 6.07) is 9.94. The predicted octanol–water partition coefficient (Wildman–Crippen LogP) is 1.91. The molecule has 1 unspecified atom stereocenters. The summed E-state index contributed by atoms with van der Waals surface area (Å²) in [6.07, 6.45) is 3.27. The number of benzene rings is 1. The maximum absolute atomic E-state index is 12.2. The molecule has 17 heavy (non-hydrogen) atoms. The van der Waals surface area contributed by atoms with Crippen LogP contribution in [0.5, 0.6) is 0 Å². The van der Waals surface area contributed by atoms with Crippen LogP contribution in [-0.2, 0) is 9.59 Å². The Labute approximate surface area is 108 Å². The van der Waals surface area contributed by atoms with Crippen molar-refractivity contribution in [3.63, 3.8) is 0 Å². The van der Waals surface area contributed by atoms with E-state index in [1.54, 1.807) is 6.92 Å². The van der Waals surface area contributed by atoms with E-state index >= 15 is 0 Å². The number of hydrogen-bond acceptors (Lipinski definition) is 2. The fourth-order valence-electron chi connectivity index (χ4n) is 2.24. The summed E-state index contributed by atoms with van der Waals surface area (Å²) in [4.78, 5) is 24.1. The average Bonchev–Trinajstić information content (AvgIpc) is 2.33.